The molecule has 0 atom stereocenters. The lowest BCUT2D eigenvalue weighted by atomic mass is 9.89. The van der Waals surface area contributed by atoms with E-state index in [9.17, 15) is 10.1 Å². The third-order valence-corrected chi connectivity index (χ3v) is 4.06. The highest BCUT2D eigenvalue weighted by Gasteiger charge is 2.28. The first-order valence-corrected chi connectivity index (χ1v) is 6.85. The zero-order valence-corrected chi connectivity index (χ0v) is 11.4. The smallest absolute Gasteiger partial charge is 0.295 e. The number of fused-ring (bicyclic) bond motifs is 1. The van der Waals surface area contributed by atoms with Crippen LogP contribution in [0.4, 0.5) is 11.7 Å². The molecule has 20 heavy (non-hydrogen) atoms. The lowest BCUT2D eigenvalue weighted by Gasteiger charge is -2.22. The Bertz CT molecular complexity index is 644. The summed E-state index contributed by atoms with van der Waals surface area (Å²) in [6.07, 6.45) is 4.98. The van der Waals surface area contributed by atoms with Crippen LogP contribution in [0.5, 0.6) is 0 Å². The van der Waals surface area contributed by atoms with Crippen LogP contribution in [0, 0.1) is 15.5 Å². The van der Waals surface area contributed by atoms with E-state index in [0.29, 0.717) is 22.5 Å². The molecular formula is C14H17N3O3. The van der Waals surface area contributed by atoms with Gasteiger partial charge in [0.1, 0.15) is 5.52 Å². The van der Waals surface area contributed by atoms with Crippen molar-refractivity contribution < 1.29 is 9.34 Å². The first-order chi connectivity index (χ1) is 9.56. The molecule has 0 radical (unpaired) electrons. The average molecular weight is 275 g/mol. The predicted octanol–water partition coefficient (Wildman–Crippen LogP) is 3.73. The van der Waals surface area contributed by atoms with Gasteiger partial charge >= 0.3 is 0 Å². The summed E-state index contributed by atoms with van der Waals surface area (Å²) in [5.41, 5.74) is 1.40. The van der Waals surface area contributed by atoms with Crippen LogP contribution in [-0.2, 0) is 0 Å². The summed E-state index contributed by atoms with van der Waals surface area (Å²) in [4.78, 5) is 14.6. The van der Waals surface area contributed by atoms with Crippen LogP contribution in [0.25, 0.3) is 11.1 Å². The van der Waals surface area contributed by atoms with E-state index in [1.54, 1.807) is 6.07 Å². The highest BCUT2D eigenvalue weighted by molar-refractivity contribution is 5.77. The second-order valence-electron chi connectivity index (χ2n) is 5.80. The first-order valence-electron chi connectivity index (χ1n) is 6.85. The van der Waals surface area contributed by atoms with Gasteiger partial charge in [-0.1, -0.05) is 19.8 Å². The standard InChI is InChI=1S/C14H17N3O3/c1-14(6-2-3-7-14)9-15-13-16-11-8-10(17(18)19)4-5-12(11)20-13/h4-5,8H,2-3,6-7,9H2,1H3,(H,15,16). The Morgan fingerprint density at radius 1 is 1.45 bits per heavy atom. The van der Waals surface area contributed by atoms with Crippen LogP contribution in [0.15, 0.2) is 22.6 Å². The molecular weight excluding hydrogens is 258 g/mol. The number of non-ortho nitro benzene ring substituents is 1. The molecule has 6 nitrogen and oxygen atoms in total. The molecule has 106 valence electrons. The number of nitrogens with zero attached hydrogens (tertiary/aromatic N) is 2. The number of anilines is 1. The maximum Gasteiger partial charge on any atom is 0.295 e. The number of nitro benzene ring substituents is 1. The largest absolute Gasteiger partial charge is 0.424 e. The highest BCUT2D eigenvalue weighted by Crippen LogP contribution is 2.37. The van der Waals surface area contributed by atoms with Gasteiger partial charge in [0.2, 0.25) is 0 Å². The summed E-state index contributed by atoms with van der Waals surface area (Å²) in [6.45, 7) is 3.09. The molecule has 6 heteroatoms. The van der Waals surface area contributed by atoms with Gasteiger partial charge in [0.05, 0.1) is 4.92 Å². The Hall–Kier alpha value is -2.11. The molecule has 2 aromatic rings. The third kappa shape index (κ3) is 2.45. The van der Waals surface area contributed by atoms with Crippen LogP contribution in [0.3, 0.4) is 0 Å². The Kier molecular flexibility index (Phi) is 3.08. The summed E-state index contributed by atoms with van der Waals surface area (Å²) in [5.74, 6) is 0. The number of rotatable bonds is 4. The summed E-state index contributed by atoms with van der Waals surface area (Å²) < 4.78 is 5.56. The molecule has 1 aromatic heterocycles. The molecule has 1 saturated carbocycles. The molecule has 0 amide bonds. The zero-order chi connectivity index (χ0) is 14.2. The maximum absolute atomic E-state index is 10.7. The number of benzene rings is 1. The molecule has 0 saturated heterocycles. The minimum absolute atomic E-state index is 0.0279. The van der Waals surface area contributed by atoms with Crippen LogP contribution in [-0.4, -0.2) is 16.5 Å². The lowest BCUT2D eigenvalue weighted by molar-refractivity contribution is -0.384. The second kappa shape index (κ2) is 4.77. The average Bonchev–Trinajstić information content (AvgIpc) is 3.01. The Labute approximate surface area is 116 Å². The normalized spacial score (nSPS) is 17.4. The van der Waals surface area contributed by atoms with Gasteiger partial charge in [0.25, 0.3) is 11.7 Å². The minimum atomic E-state index is -0.430. The molecule has 1 fully saturated rings. The van der Waals surface area contributed by atoms with Crippen LogP contribution in [0.1, 0.15) is 32.6 Å². The molecule has 0 bridgehead atoms. The van der Waals surface area contributed by atoms with E-state index in [-0.39, 0.29) is 5.69 Å². The quantitative estimate of drug-likeness (QED) is 0.679. The summed E-state index contributed by atoms with van der Waals surface area (Å²) in [6, 6.07) is 4.88. The van der Waals surface area contributed by atoms with Gasteiger partial charge in [-0.15, -0.1) is 0 Å². The molecule has 1 N–H and O–H groups in total. The van der Waals surface area contributed by atoms with Gasteiger partial charge in [-0.25, -0.2) is 0 Å². The topological polar surface area (TPSA) is 81.2 Å². The second-order valence-corrected chi connectivity index (χ2v) is 5.80. The first kappa shape index (κ1) is 12.9. The van der Waals surface area contributed by atoms with E-state index in [1.807, 2.05) is 0 Å². The number of nitro groups is 1. The number of oxazole rings is 1. The minimum Gasteiger partial charge on any atom is -0.424 e. The molecule has 0 spiro atoms. The van der Waals surface area contributed by atoms with Gasteiger partial charge in [0, 0.05) is 18.7 Å². The molecule has 1 aliphatic rings. The van der Waals surface area contributed by atoms with E-state index in [2.05, 4.69) is 17.2 Å². The van der Waals surface area contributed by atoms with Gasteiger partial charge in [-0.2, -0.15) is 4.98 Å². The van der Waals surface area contributed by atoms with Crippen LogP contribution in [0.2, 0.25) is 0 Å². The molecule has 1 aromatic carbocycles. The Balaban J connectivity index is 1.77. The fourth-order valence-corrected chi connectivity index (χ4v) is 2.80. The summed E-state index contributed by atoms with van der Waals surface area (Å²) >= 11 is 0. The number of hydrogen-bond acceptors (Lipinski definition) is 5. The lowest BCUT2D eigenvalue weighted by Crippen LogP contribution is -2.22. The van der Waals surface area contributed by atoms with Crippen molar-refractivity contribution in [2.24, 2.45) is 5.41 Å². The zero-order valence-electron chi connectivity index (χ0n) is 11.4. The summed E-state index contributed by atoms with van der Waals surface area (Å²) in [5, 5.41) is 13.9. The fourth-order valence-electron chi connectivity index (χ4n) is 2.80. The van der Waals surface area contributed by atoms with E-state index in [0.717, 1.165) is 6.54 Å². The van der Waals surface area contributed by atoms with Crippen LogP contribution < -0.4 is 5.32 Å². The molecule has 0 unspecified atom stereocenters. The summed E-state index contributed by atoms with van der Waals surface area (Å²) in [7, 11) is 0. The van der Waals surface area contributed by atoms with Gasteiger partial charge in [-0.05, 0) is 24.3 Å². The number of hydrogen-bond donors (Lipinski definition) is 1. The molecule has 1 heterocycles. The third-order valence-electron chi connectivity index (χ3n) is 4.06. The predicted molar refractivity (Wildman–Crippen MR) is 75.7 cm³/mol. The SMILES string of the molecule is CC1(CNc2nc3cc([N+](=O)[O-])ccc3o2)CCCC1. The van der Waals surface area contributed by atoms with E-state index in [1.165, 1.54) is 37.8 Å². The Morgan fingerprint density at radius 3 is 2.90 bits per heavy atom. The van der Waals surface area contributed by atoms with E-state index >= 15 is 0 Å². The van der Waals surface area contributed by atoms with Crippen molar-refractivity contribution in [1.29, 1.82) is 0 Å². The van der Waals surface area contributed by atoms with Crippen molar-refractivity contribution in [3.05, 3.63) is 28.3 Å². The van der Waals surface area contributed by atoms with Gasteiger partial charge in [-0.3, -0.25) is 10.1 Å². The van der Waals surface area contributed by atoms with E-state index in [4.69, 9.17) is 4.42 Å². The Morgan fingerprint density at radius 2 is 2.20 bits per heavy atom. The van der Waals surface area contributed by atoms with Crippen molar-refractivity contribution in [2.75, 3.05) is 11.9 Å². The van der Waals surface area contributed by atoms with Crippen molar-refractivity contribution in [3.8, 4) is 0 Å². The van der Waals surface area contributed by atoms with Crippen molar-refractivity contribution >= 4 is 22.8 Å². The number of aromatic nitrogens is 1. The molecule has 3 rings (SSSR count). The van der Waals surface area contributed by atoms with Crippen LogP contribution >= 0.6 is 0 Å². The fraction of sp³-hybridized carbons (Fsp3) is 0.500. The maximum atomic E-state index is 10.7. The van der Waals surface area contributed by atoms with Gasteiger partial charge in [0.15, 0.2) is 5.58 Å². The van der Waals surface area contributed by atoms with Crippen molar-refractivity contribution in [3.63, 3.8) is 0 Å². The monoisotopic (exact) mass is 275 g/mol. The number of nitrogens with one attached hydrogen (secondary N) is 1. The highest BCUT2D eigenvalue weighted by atomic mass is 16.6. The van der Waals surface area contributed by atoms with Crippen molar-refractivity contribution in [1.82, 2.24) is 4.98 Å². The molecule has 0 aliphatic heterocycles. The van der Waals surface area contributed by atoms with Crippen molar-refractivity contribution in [2.45, 2.75) is 32.6 Å². The van der Waals surface area contributed by atoms with E-state index < -0.39 is 4.92 Å². The molecule has 1 aliphatic carbocycles. The van der Waals surface area contributed by atoms with Gasteiger partial charge < -0.3 is 9.73 Å².